The predicted molar refractivity (Wildman–Crippen MR) is 53.5 cm³/mol. The minimum Gasteiger partial charge on any atom is -0.308 e. The second-order valence-corrected chi connectivity index (χ2v) is 3.17. The highest BCUT2D eigenvalue weighted by molar-refractivity contribution is 6.29. The highest BCUT2D eigenvalue weighted by Crippen LogP contribution is 2.06. The molecule has 0 unspecified atom stereocenters. The van der Waals surface area contributed by atoms with Crippen LogP contribution in [0.1, 0.15) is 0 Å². The standard InChI is InChI=1S/C7H6ClN7O/c8-5-1-9-2-6(11-5)12-7(16)3-15-4-10-13-14-15/h1-2,4H,3H2,(H,11,12,16). The molecule has 0 aliphatic carbocycles. The molecule has 0 spiro atoms. The van der Waals surface area contributed by atoms with E-state index in [1.807, 2.05) is 0 Å². The summed E-state index contributed by atoms with van der Waals surface area (Å²) in [5, 5.41) is 13.1. The number of nitrogens with zero attached hydrogens (tertiary/aromatic N) is 6. The predicted octanol–water partition coefficient (Wildman–Crippen LogP) is -0.245. The maximum absolute atomic E-state index is 11.5. The zero-order valence-electron chi connectivity index (χ0n) is 7.91. The maximum Gasteiger partial charge on any atom is 0.247 e. The van der Waals surface area contributed by atoms with Crippen molar-refractivity contribution in [1.29, 1.82) is 0 Å². The van der Waals surface area contributed by atoms with Crippen molar-refractivity contribution in [2.45, 2.75) is 6.54 Å². The smallest absolute Gasteiger partial charge is 0.247 e. The van der Waals surface area contributed by atoms with Gasteiger partial charge in [-0.25, -0.2) is 9.67 Å². The van der Waals surface area contributed by atoms with Gasteiger partial charge in [-0.2, -0.15) is 0 Å². The zero-order valence-corrected chi connectivity index (χ0v) is 8.66. The van der Waals surface area contributed by atoms with Crippen molar-refractivity contribution < 1.29 is 4.79 Å². The summed E-state index contributed by atoms with van der Waals surface area (Å²) in [5.41, 5.74) is 0. The van der Waals surface area contributed by atoms with Crippen LogP contribution in [0, 0.1) is 0 Å². The maximum atomic E-state index is 11.5. The first-order valence-corrected chi connectivity index (χ1v) is 4.60. The van der Waals surface area contributed by atoms with E-state index in [1.165, 1.54) is 23.4 Å². The molecule has 0 aliphatic heterocycles. The van der Waals surface area contributed by atoms with Gasteiger partial charge in [-0.15, -0.1) is 5.10 Å². The Balaban J connectivity index is 1.97. The number of hydrogen-bond donors (Lipinski definition) is 1. The highest BCUT2D eigenvalue weighted by atomic mass is 35.5. The van der Waals surface area contributed by atoms with Crippen LogP contribution in [0.2, 0.25) is 5.15 Å². The Kier molecular flexibility index (Phi) is 3.01. The first-order chi connectivity index (χ1) is 7.74. The molecular formula is C7H6ClN7O. The Bertz CT molecular complexity index is 485. The number of tetrazole rings is 1. The quantitative estimate of drug-likeness (QED) is 0.793. The van der Waals surface area contributed by atoms with Crippen LogP contribution in [0.4, 0.5) is 5.82 Å². The van der Waals surface area contributed by atoms with Gasteiger partial charge in [-0.1, -0.05) is 11.6 Å². The molecule has 0 radical (unpaired) electrons. The number of anilines is 1. The lowest BCUT2D eigenvalue weighted by molar-refractivity contribution is -0.117. The van der Waals surface area contributed by atoms with Gasteiger partial charge >= 0.3 is 0 Å². The Labute approximate surface area is 94.7 Å². The van der Waals surface area contributed by atoms with Gasteiger partial charge in [0.05, 0.1) is 12.4 Å². The van der Waals surface area contributed by atoms with Gasteiger partial charge in [0.1, 0.15) is 18.0 Å². The van der Waals surface area contributed by atoms with Crippen LogP contribution in [0.3, 0.4) is 0 Å². The van der Waals surface area contributed by atoms with Crippen molar-refractivity contribution in [1.82, 2.24) is 30.2 Å². The number of hydrogen-bond acceptors (Lipinski definition) is 6. The lowest BCUT2D eigenvalue weighted by atomic mass is 10.5. The first-order valence-electron chi connectivity index (χ1n) is 4.22. The van der Waals surface area contributed by atoms with E-state index in [0.29, 0.717) is 0 Å². The van der Waals surface area contributed by atoms with Crippen molar-refractivity contribution in [3.05, 3.63) is 23.9 Å². The monoisotopic (exact) mass is 239 g/mol. The van der Waals surface area contributed by atoms with Crippen LogP contribution >= 0.6 is 11.6 Å². The van der Waals surface area contributed by atoms with Gasteiger partial charge in [-0.05, 0) is 10.4 Å². The molecule has 9 heteroatoms. The van der Waals surface area contributed by atoms with Crippen molar-refractivity contribution in [3.63, 3.8) is 0 Å². The van der Waals surface area contributed by atoms with Gasteiger partial charge in [0, 0.05) is 0 Å². The van der Waals surface area contributed by atoms with E-state index in [0.717, 1.165) is 0 Å². The second kappa shape index (κ2) is 4.62. The van der Waals surface area contributed by atoms with Crippen molar-refractivity contribution in [2.75, 3.05) is 5.32 Å². The summed E-state index contributed by atoms with van der Waals surface area (Å²) in [7, 11) is 0. The summed E-state index contributed by atoms with van der Waals surface area (Å²) in [6, 6.07) is 0. The molecule has 2 aromatic heterocycles. The van der Waals surface area contributed by atoms with Crippen LogP contribution in [-0.4, -0.2) is 36.1 Å². The van der Waals surface area contributed by atoms with Gasteiger partial charge in [-0.3, -0.25) is 9.78 Å². The molecule has 82 valence electrons. The molecule has 1 N–H and O–H groups in total. The van der Waals surface area contributed by atoms with E-state index in [9.17, 15) is 4.79 Å². The average molecular weight is 240 g/mol. The van der Waals surface area contributed by atoms with Gasteiger partial charge < -0.3 is 5.32 Å². The molecule has 8 nitrogen and oxygen atoms in total. The summed E-state index contributed by atoms with van der Waals surface area (Å²) in [6.07, 6.45) is 4.10. The molecule has 2 heterocycles. The topological polar surface area (TPSA) is 98.5 Å². The number of aromatic nitrogens is 6. The second-order valence-electron chi connectivity index (χ2n) is 2.78. The van der Waals surface area contributed by atoms with Crippen molar-refractivity contribution in [2.24, 2.45) is 0 Å². The Hall–Kier alpha value is -2.09. The number of carbonyl (C=O) groups is 1. The Morgan fingerprint density at radius 1 is 1.50 bits per heavy atom. The zero-order chi connectivity index (χ0) is 11.4. The summed E-state index contributed by atoms with van der Waals surface area (Å²) in [4.78, 5) is 19.1. The van der Waals surface area contributed by atoms with E-state index in [1.54, 1.807) is 0 Å². The summed E-state index contributed by atoms with van der Waals surface area (Å²) >= 11 is 5.61. The molecule has 0 aromatic carbocycles. The third kappa shape index (κ3) is 2.70. The van der Waals surface area contributed by atoms with E-state index >= 15 is 0 Å². The number of amides is 1. The molecule has 0 aliphatic rings. The third-order valence-electron chi connectivity index (χ3n) is 1.57. The number of rotatable bonds is 3. The van der Waals surface area contributed by atoms with E-state index in [-0.39, 0.29) is 23.4 Å². The van der Waals surface area contributed by atoms with Crippen LogP contribution in [-0.2, 0) is 11.3 Å². The lowest BCUT2D eigenvalue weighted by Crippen LogP contribution is -2.19. The van der Waals surface area contributed by atoms with Crippen LogP contribution < -0.4 is 5.32 Å². The Morgan fingerprint density at radius 2 is 2.38 bits per heavy atom. The third-order valence-corrected chi connectivity index (χ3v) is 1.75. The van der Waals surface area contributed by atoms with Crippen molar-refractivity contribution >= 4 is 23.3 Å². The minimum atomic E-state index is -0.316. The average Bonchev–Trinajstić information content (AvgIpc) is 2.70. The summed E-state index contributed by atoms with van der Waals surface area (Å²) in [5.74, 6) is -0.0329. The molecular weight excluding hydrogens is 234 g/mol. The molecule has 0 atom stereocenters. The normalized spacial score (nSPS) is 10.1. The SMILES string of the molecule is O=C(Cn1cnnn1)Nc1cncc(Cl)n1. The minimum absolute atomic E-state index is 0.00118. The van der Waals surface area contributed by atoms with E-state index in [2.05, 4.69) is 30.8 Å². The van der Waals surface area contributed by atoms with Gasteiger partial charge in [0.25, 0.3) is 0 Å². The first kappa shape index (κ1) is 10.4. The van der Waals surface area contributed by atoms with E-state index < -0.39 is 0 Å². The highest BCUT2D eigenvalue weighted by Gasteiger charge is 2.05. The molecule has 0 fully saturated rings. The fourth-order valence-electron chi connectivity index (χ4n) is 0.985. The summed E-state index contributed by atoms with van der Waals surface area (Å²) < 4.78 is 1.29. The fourth-order valence-corrected chi connectivity index (χ4v) is 1.13. The molecule has 16 heavy (non-hydrogen) atoms. The largest absolute Gasteiger partial charge is 0.308 e. The molecule has 0 bridgehead atoms. The fraction of sp³-hybridized carbons (Fsp3) is 0.143. The number of carbonyl (C=O) groups excluding carboxylic acids is 1. The Morgan fingerprint density at radius 3 is 3.06 bits per heavy atom. The molecule has 0 saturated carbocycles. The number of halogens is 1. The molecule has 0 saturated heterocycles. The van der Waals surface area contributed by atoms with Gasteiger partial charge in [0.15, 0.2) is 5.82 Å². The molecule has 2 aromatic rings. The van der Waals surface area contributed by atoms with Crippen LogP contribution in [0.15, 0.2) is 18.7 Å². The molecule has 1 amide bonds. The van der Waals surface area contributed by atoms with E-state index in [4.69, 9.17) is 11.6 Å². The summed E-state index contributed by atoms with van der Waals surface area (Å²) in [6.45, 7) is 0.00118. The molecule has 2 rings (SSSR count). The van der Waals surface area contributed by atoms with Gasteiger partial charge in [0.2, 0.25) is 5.91 Å². The van der Waals surface area contributed by atoms with Crippen LogP contribution in [0.25, 0.3) is 0 Å². The lowest BCUT2D eigenvalue weighted by Gasteiger charge is -2.02. The van der Waals surface area contributed by atoms with Crippen molar-refractivity contribution in [3.8, 4) is 0 Å². The number of nitrogens with one attached hydrogen (secondary N) is 1. The van der Waals surface area contributed by atoms with Crippen LogP contribution in [0.5, 0.6) is 0 Å².